The van der Waals surface area contributed by atoms with Gasteiger partial charge < -0.3 is 25.0 Å². The Balaban J connectivity index is 0.00000192. The van der Waals surface area contributed by atoms with Crippen LogP contribution < -0.4 is 20.1 Å². The van der Waals surface area contributed by atoms with E-state index in [0.717, 1.165) is 31.1 Å². The molecule has 2 N–H and O–H groups in total. The highest BCUT2D eigenvalue weighted by atomic mass is 35.5. The van der Waals surface area contributed by atoms with Crippen LogP contribution in [0.2, 0.25) is 0 Å². The highest BCUT2D eigenvalue weighted by Gasteiger charge is 2.19. The van der Waals surface area contributed by atoms with Gasteiger partial charge in [0.25, 0.3) is 0 Å². The highest BCUT2D eigenvalue weighted by molar-refractivity contribution is 5.91. The van der Waals surface area contributed by atoms with Gasteiger partial charge in [-0.25, -0.2) is 0 Å². The number of hydrogen-bond acceptors (Lipinski definition) is 5. The number of benzene rings is 1. The van der Waals surface area contributed by atoms with Crippen LogP contribution in [0.5, 0.6) is 11.5 Å². The Morgan fingerprint density at radius 1 is 1.35 bits per heavy atom. The first-order valence-corrected chi connectivity index (χ1v) is 7.84. The SMILES string of the molecule is CNC1CCCN(CCC(=O)Nc2ccc3c(c2)OCO3)C1.Cl. The van der Waals surface area contributed by atoms with Crippen LogP contribution in [0.25, 0.3) is 0 Å². The monoisotopic (exact) mass is 341 g/mol. The van der Waals surface area contributed by atoms with Gasteiger partial charge in [0.05, 0.1) is 0 Å². The molecule has 0 aliphatic carbocycles. The second kappa shape index (κ2) is 8.38. The van der Waals surface area contributed by atoms with Crippen LogP contribution in [0.3, 0.4) is 0 Å². The summed E-state index contributed by atoms with van der Waals surface area (Å²) in [4.78, 5) is 14.4. The molecule has 0 aromatic heterocycles. The zero-order valence-electron chi connectivity index (χ0n) is 13.3. The van der Waals surface area contributed by atoms with Gasteiger partial charge in [-0.3, -0.25) is 4.79 Å². The number of fused-ring (bicyclic) bond motifs is 1. The molecule has 128 valence electrons. The number of hydrogen-bond donors (Lipinski definition) is 2. The Bertz CT molecular complexity index is 541. The summed E-state index contributed by atoms with van der Waals surface area (Å²) in [7, 11) is 2.00. The Labute approximate surface area is 142 Å². The fourth-order valence-electron chi connectivity index (χ4n) is 2.95. The van der Waals surface area contributed by atoms with E-state index in [1.54, 1.807) is 6.07 Å². The number of halogens is 1. The molecule has 23 heavy (non-hydrogen) atoms. The van der Waals surface area contributed by atoms with Crippen LogP contribution in [0.15, 0.2) is 18.2 Å². The van der Waals surface area contributed by atoms with E-state index in [1.165, 1.54) is 12.8 Å². The molecule has 1 aromatic carbocycles. The van der Waals surface area contributed by atoms with Gasteiger partial charge in [-0.1, -0.05) is 0 Å². The second-order valence-electron chi connectivity index (χ2n) is 5.79. The Kier molecular flexibility index (Phi) is 6.50. The van der Waals surface area contributed by atoms with Crippen LogP contribution in [-0.4, -0.2) is 50.3 Å². The molecule has 0 spiro atoms. The molecule has 6 nitrogen and oxygen atoms in total. The largest absolute Gasteiger partial charge is 0.454 e. The van der Waals surface area contributed by atoms with Crippen LogP contribution in [0, 0.1) is 0 Å². The molecule has 1 aromatic rings. The molecule has 0 radical (unpaired) electrons. The zero-order chi connectivity index (χ0) is 15.4. The molecule has 1 unspecified atom stereocenters. The number of piperidine rings is 1. The standard InChI is InChI=1S/C16H23N3O3.ClH/c1-17-13-3-2-7-19(10-13)8-6-16(20)18-12-4-5-14-15(9-12)22-11-21-14;/h4-5,9,13,17H,2-3,6-8,10-11H2,1H3,(H,18,20);1H. The van der Waals surface area contributed by atoms with Gasteiger partial charge in [0.15, 0.2) is 11.5 Å². The van der Waals surface area contributed by atoms with Crippen molar-refractivity contribution in [2.24, 2.45) is 0 Å². The first kappa shape index (κ1) is 17.8. The van der Waals surface area contributed by atoms with Crippen molar-refractivity contribution < 1.29 is 14.3 Å². The van der Waals surface area contributed by atoms with Gasteiger partial charge in [0.1, 0.15) is 0 Å². The molecule has 7 heteroatoms. The third kappa shape index (κ3) is 4.73. The van der Waals surface area contributed by atoms with Crippen molar-refractivity contribution in [1.29, 1.82) is 0 Å². The molecular formula is C16H24ClN3O3. The van der Waals surface area contributed by atoms with Crippen molar-refractivity contribution in [2.75, 3.05) is 38.8 Å². The third-order valence-electron chi connectivity index (χ3n) is 4.23. The molecule has 2 heterocycles. The molecule has 0 bridgehead atoms. The molecule has 1 atom stereocenters. The first-order chi connectivity index (χ1) is 10.7. The number of nitrogens with zero attached hydrogens (tertiary/aromatic N) is 1. The van der Waals surface area contributed by atoms with E-state index in [2.05, 4.69) is 15.5 Å². The Hall–Kier alpha value is -1.50. The first-order valence-electron chi connectivity index (χ1n) is 7.84. The minimum atomic E-state index is 0. The van der Waals surface area contributed by atoms with Gasteiger partial charge in [0.2, 0.25) is 12.7 Å². The fraction of sp³-hybridized carbons (Fsp3) is 0.562. The van der Waals surface area contributed by atoms with E-state index in [-0.39, 0.29) is 25.1 Å². The summed E-state index contributed by atoms with van der Waals surface area (Å²) in [5, 5.41) is 6.24. The summed E-state index contributed by atoms with van der Waals surface area (Å²) >= 11 is 0. The number of carbonyl (C=O) groups excluding carboxylic acids is 1. The molecule has 2 aliphatic heterocycles. The van der Waals surface area contributed by atoms with Crippen molar-refractivity contribution in [3.63, 3.8) is 0 Å². The molecular weight excluding hydrogens is 318 g/mol. The van der Waals surface area contributed by atoms with Gasteiger partial charge in [-0.05, 0) is 38.6 Å². The Morgan fingerprint density at radius 3 is 3.00 bits per heavy atom. The molecule has 2 aliphatic rings. The van der Waals surface area contributed by atoms with Gasteiger partial charge in [-0.2, -0.15) is 0 Å². The predicted octanol–water partition coefficient (Wildman–Crippen LogP) is 1.85. The maximum Gasteiger partial charge on any atom is 0.231 e. The third-order valence-corrected chi connectivity index (χ3v) is 4.23. The average molecular weight is 342 g/mol. The topological polar surface area (TPSA) is 62.8 Å². The van der Waals surface area contributed by atoms with E-state index in [9.17, 15) is 4.79 Å². The number of amides is 1. The van der Waals surface area contributed by atoms with Gasteiger partial charge in [-0.15, -0.1) is 12.4 Å². The zero-order valence-corrected chi connectivity index (χ0v) is 14.2. The summed E-state index contributed by atoms with van der Waals surface area (Å²) in [5.74, 6) is 1.44. The van der Waals surface area contributed by atoms with Crippen LogP contribution in [0.4, 0.5) is 5.69 Å². The minimum Gasteiger partial charge on any atom is -0.454 e. The number of nitrogens with one attached hydrogen (secondary N) is 2. The van der Waals surface area contributed by atoms with E-state index in [4.69, 9.17) is 9.47 Å². The number of carbonyl (C=O) groups is 1. The summed E-state index contributed by atoms with van der Waals surface area (Å²) in [6.07, 6.45) is 2.91. The normalized spacial score (nSPS) is 20.0. The number of anilines is 1. The molecule has 1 fully saturated rings. The maximum atomic E-state index is 12.1. The lowest BCUT2D eigenvalue weighted by Gasteiger charge is -2.32. The summed E-state index contributed by atoms with van der Waals surface area (Å²) in [6, 6.07) is 6.01. The lowest BCUT2D eigenvalue weighted by molar-refractivity contribution is -0.116. The van der Waals surface area contributed by atoms with E-state index in [0.29, 0.717) is 18.2 Å². The van der Waals surface area contributed by atoms with E-state index in [1.807, 2.05) is 19.2 Å². The van der Waals surface area contributed by atoms with E-state index < -0.39 is 0 Å². The van der Waals surface area contributed by atoms with Gasteiger partial charge in [0, 0.05) is 37.3 Å². The maximum absolute atomic E-state index is 12.1. The minimum absolute atomic E-state index is 0. The van der Waals surface area contributed by atoms with Gasteiger partial charge >= 0.3 is 0 Å². The molecule has 0 saturated carbocycles. The summed E-state index contributed by atoms with van der Waals surface area (Å²) in [6.45, 7) is 3.15. The fourth-order valence-corrected chi connectivity index (χ4v) is 2.95. The predicted molar refractivity (Wildman–Crippen MR) is 91.6 cm³/mol. The lowest BCUT2D eigenvalue weighted by Crippen LogP contribution is -2.45. The molecule has 1 saturated heterocycles. The second-order valence-corrected chi connectivity index (χ2v) is 5.79. The van der Waals surface area contributed by atoms with Crippen molar-refractivity contribution in [2.45, 2.75) is 25.3 Å². The number of ether oxygens (including phenoxy) is 2. The average Bonchev–Trinajstić information content (AvgIpc) is 3.01. The Morgan fingerprint density at radius 2 is 2.17 bits per heavy atom. The highest BCUT2D eigenvalue weighted by Crippen LogP contribution is 2.34. The quantitative estimate of drug-likeness (QED) is 0.855. The van der Waals surface area contributed by atoms with Crippen molar-refractivity contribution >= 4 is 24.0 Å². The van der Waals surface area contributed by atoms with Crippen LogP contribution >= 0.6 is 12.4 Å². The van der Waals surface area contributed by atoms with Crippen molar-refractivity contribution in [1.82, 2.24) is 10.2 Å². The smallest absolute Gasteiger partial charge is 0.231 e. The van der Waals surface area contributed by atoms with E-state index >= 15 is 0 Å². The van der Waals surface area contributed by atoms with Crippen LogP contribution in [0.1, 0.15) is 19.3 Å². The number of likely N-dealkylation sites (N-methyl/N-ethyl adjacent to an activating group) is 1. The summed E-state index contributed by atoms with van der Waals surface area (Å²) < 4.78 is 10.6. The van der Waals surface area contributed by atoms with Crippen LogP contribution in [-0.2, 0) is 4.79 Å². The van der Waals surface area contributed by atoms with Crippen molar-refractivity contribution in [3.8, 4) is 11.5 Å². The number of likely N-dealkylation sites (tertiary alicyclic amines) is 1. The van der Waals surface area contributed by atoms with Crippen molar-refractivity contribution in [3.05, 3.63) is 18.2 Å². The lowest BCUT2D eigenvalue weighted by atomic mass is 10.1. The summed E-state index contributed by atoms with van der Waals surface area (Å²) in [5.41, 5.74) is 0.751. The molecule has 3 rings (SSSR count). The molecule has 1 amide bonds. The number of rotatable bonds is 5.